The lowest BCUT2D eigenvalue weighted by molar-refractivity contribution is 0.684. The summed E-state index contributed by atoms with van der Waals surface area (Å²) in [5.41, 5.74) is 4.41. The molecule has 3 rings (SSSR count). The molecule has 1 heterocycles. The van der Waals surface area contributed by atoms with Crippen molar-refractivity contribution < 1.29 is 0 Å². The average Bonchev–Trinajstić information content (AvgIpc) is 2.59. The number of benzene rings is 1. The first kappa shape index (κ1) is 8.49. The number of hydrogen-bond donors (Lipinski definition) is 1. The van der Waals surface area contributed by atoms with Crippen molar-refractivity contribution >= 4 is 0 Å². The summed E-state index contributed by atoms with van der Waals surface area (Å²) < 4.78 is 0. The second kappa shape index (κ2) is 2.83. The van der Waals surface area contributed by atoms with E-state index in [0.717, 1.165) is 17.8 Å². The molecule has 2 aliphatic rings. The molecule has 1 N–H and O–H groups in total. The Morgan fingerprint density at radius 2 is 1.57 bits per heavy atom. The Morgan fingerprint density at radius 3 is 2.14 bits per heavy atom. The molecule has 1 nitrogen and oxygen atoms in total. The maximum atomic E-state index is 3.45. The summed E-state index contributed by atoms with van der Waals surface area (Å²) in [5.74, 6) is 2.75. The minimum Gasteiger partial charge on any atom is -0.316 e. The molecule has 0 spiro atoms. The predicted octanol–water partition coefficient (Wildman–Crippen LogP) is 2.24. The maximum Gasteiger partial charge on any atom is -0.00111 e. The Labute approximate surface area is 85.5 Å². The van der Waals surface area contributed by atoms with Crippen molar-refractivity contribution in [2.24, 2.45) is 11.8 Å². The van der Waals surface area contributed by atoms with E-state index in [2.05, 4.69) is 37.4 Å². The second-order valence-corrected chi connectivity index (χ2v) is 4.93. The highest BCUT2D eigenvalue weighted by Crippen LogP contribution is 2.55. The van der Waals surface area contributed by atoms with E-state index >= 15 is 0 Å². The van der Waals surface area contributed by atoms with Crippen LogP contribution in [0.15, 0.2) is 18.2 Å². The Morgan fingerprint density at radius 1 is 1.00 bits per heavy atom. The highest BCUT2D eigenvalue weighted by molar-refractivity contribution is 5.36. The maximum absolute atomic E-state index is 3.45. The summed E-state index contributed by atoms with van der Waals surface area (Å²) in [7, 11) is 0. The van der Waals surface area contributed by atoms with Gasteiger partial charge in [-0.05, 0) is 50.3 Å². The van der Waals surface area contributed by atoms with Gasteiger partial charge >= 0.3 is 0 Å². The molecule has 1 aromatic rings. The zero-order valence-corrected chi connectivity index (χ0v) is 8.88. The molecule has 1 heteroatoms. The van der Waals surface area contributed by atoms with E-state index in [1.54, 1.807) is 5.56 Å². The third-order valence-electron chi connectivity index (χ3n) is 3.72. The lowest BCUT2D eigenvalue weighted by atomic mass is 10.0. The monoisotopic (exact) mass is 187 g/mol. The predicted molar refractivity (Wildman–Crippen MR) is 58.5 cm³/mol. The fourth-order valence-electron chi connectivity index (χ4n) is 3.12. The van der Waals surface area contributed by atoms with Gasteiger partial charge in [-0.1, -0.05) is 29.3 Å². The van der Waals surface area contributed by atoms with Crippen molar-refractivity contribution in [3.63, 3.8) is 0 Å². The van der Waals surface area contributed by atoms with Crippen LogP contribution in [-0.4, -0.2) is 13.1 Å². The minimum absolute atomic E-state index is 0.870. The summed E-state index contributed by atoms with van der Waals surface area (Å²) in [4.78, 5) is 0. The molecule has 14 heavy (non-hydrogen) atoms. The summed E-state index contributed by atoms with van der Waals surface area (Å²) in [5, 5.41) is 3.45. The number of piperidine rings is 1. The summed E-state index contributed by atoms with van der Waals surface area (Å²) in [6.07, 6.45) is 0. The van der Waals surface area contributed by atoms with Crippen LogP contribution >= 0.6 is 0 Å². The first-order chi connectivity index (χ1) is 6.75. The standard InChI is InChI=1S/C13H17N/c1-8-3-9(2)5-10(4-8)13-11-6-14-7-12(11)13/h3-5,11-14H,6-7H2,1-2H3. The molecule has 1 aliphatic carbocycles. The summed E-state index contributed by atoms with van der Waals surface area (Å²) >= 11 is 0. The van der Waals surface area contributed by atoms with Gasteiger partial charge in [-0.25, -0.2) is 0 Å². The van der Waals surface area contributed by atoms with E-state index in [1.165, 1.54) is 24.2 Å². The molecular formula is C13H17N. The van der Waals surface area contributed by atoms with Crippen molar-refractivity contribution in [3.05, 3.63) is 34.9 Å². The van der Waals surface area contributed by atoms with Gasteiger partial charge in [-0.3, -0.25) is 0 Å². The molecule has 1 aliphatic heterocycles. The number of aryl methyl sites for hydroxylation is 2. The Hall–Kier alpha value is -0.820. The molecule has 0 aromatic heterocycles. The topological polar surface area (TPSA) is 12.0 Å². The van der Waals surface area contributed by atoms with Gasteiger partial charge in [0.2, 0.25) is 0 Å². The van der Waals surface area contributed by atoms with Gasteiger partial charge in [0.15, 0.2) is 0 Å². The smallest absolute Gasteiger partial charge is 0.00111 e. The van der Waals surface area contributed by atoms with E-state index in [9.17, 15) is 0 Å². The number of rotatable bonds is 1. The van der Waals surface area contributed by atoms with Crippen LogP contribution in [0.5, 0.6) is 0 Å². The van der Waals surface area contributed by atoms with Crippen LogP contribution in [0, 0.1) is 25.7 Å². The first-order valence-electron chi connectivity index (χ1n) is 5.54. The summed E-state index contributed by atoms with van der Waals surface area (Å²) in [6.45, 7) is 6.88. The minimum atomic E-state index is 0.870. The van der Waals surface area contributed by atoms with Crippen LogP contribution in [0.3, 0.4) is 0 Å². The van der Waals surface area contributed by atoms with Crippen LogP contribution < -0.4 is 5.32 Å². The van der Waals surface area contributed by atoms with Crippen LogP contribution in [0.1, 0.15) is 22.6 Å². The SMILES string of the molecule is Cc1cc(C)cc(C2C3CNCC32)c1. The molecule has 1 saturated carbocycles. The van der Waals surface area contributed by atoms with Crippen molar-refractivity contribution in [2.45, 2.75) is 19.8 Å². The third kappa shape index (κ3) is 1.19. The zero-order chi connectivity index (χ0) is 9.71. The van der Waals surface area contributed by atoms with Gasteiger partial charge in [-0.2, -0.15) is 0 Å². The highest BCUT2D eigenvalue weighted by atomic mass is 15.0. The second-order valence-electron chi connectivity index (χ2n) is 4.93. The highest BCUT2D eigenvalue weighted by Gasteiger charge is 2.53. The number of fused-ring (bicyclic) bond motifs is 1. The van der Waals surface area contributed by atoms with Crippen molar-refractivity contribution in [1.29, 1.82) is 0 Å². The van der Waals surface area contributed by atoms with Gasteiger partial charge in [0.1, 0.15) is 0 Å². The normalized spacial score (nSPS) is 34.3. The molecule has 0 amide bonds. The van der Waals surface area contributed by atoms with E-state index in [4.69, 9.17) is 0 Å². The van der Waals surface area contributed by atoms with E-state index < -0.39 is 0 Å². The fourth-order valence-corrected chi connectivity index (χ4v) is 3.12. The van der Waals surface area contributed by atoms with Crippen molar-refractivity contribution in [2.75, 3.05) is 13.1 Å². The van der Waals surface area contributed by atoms with Crippen LogP contribution in [0.25, 0.3) is 0 Å². The molecule has 2 unspecified atom stereocenters. The Bertz CT molecular complexity index is 339. The number of hydrogen-bond acceptors (Lipinski definition) is 1. The van der Waals surface area contributed by atoms with E-state index in [0.29, 0.717) is 0 Å². The molecule has 74 valence electrons. The molecule has 2 atom stereocenters. The average molecular weight is 187 g/mol. The third-order valence-corrected chi connectivity index (χ3v) is 3.72. The summed E-state index contributed by atoms with van der Waals surface area (Å²) in [6, 6.07) is 7.01. The molecule has 1 aromatic carbocycles. The van der Waals surface area contributed by atoms with Gasteiger partial charge in [0.05, 0.1) is 0 Å². The van der Waals surface area contributed by atoms with Crippen molar-refractivity contribution in [1.82, 2.24) is 5.32 Å². The quantitative estimate of drug-likeness (QED) is 0.711. The molecule has 0 radical (unpaired) electrons. The van der Waals surface area contributed by atoms with Crippen LogP contribution in [0.2, 0.25) is 0 Å². The van der Waals surface area contributed by atoms with E-state index in [-0.39, 0.29) is 0 Å². The van der Waals surface area contributed by atoms with Crippen LogP contribution in [0.4, 0.5) is 0 Å². The van der Waals surface area contributed by atoms with Gasteiger partial charge < -0.3 is 5.32 Å². The van der Waals surface area contributed by atoms with Gasteiger partial charge in [0.25, 0.3) is 0 Å². The largest absolute Gasteiger partial charge is 0.316 e. The zero-order valence-electron chi connectivity index (χ0n) is 8.88. The first-order valence-corrected chi connectivity index (χ1v) is 5.54. The Balaban J connectivity index is 1.91. The van der Waals surface area contributed by atoms with E-state index in [1.807, 2.05) is 0 Å². The lowest BCUT2D eigenvalue weighted by Gasteiger charge is -2.07. The van der Waals surface area contributed by atoms with Crippen LogP contribution in [-0.2, 0) is 0 Å². The molecule has 0 bridgehead atoms. The molecule has 1 saturated heterocycles. The Kier molecular flexibility index (Phi) is 1.72. The molecule has 2 fully saturated rings. The van der Waals surface area contributed by atoms with Gasteiger partial charge in [0, 0.05) is 0 Å². The van der Waals surface area contributed by atoms with Crippen molar-refractivity contribution in [3.8, 4) is 0 Å². The lowest BCUT2D eigenvalue weighted by Crippen LogP contribution is -2.14. The van der Waals surface area contributed by atoms with Gasteiger partial charge in [-0.15, -0.1) is 0 Å². The fraction of sp³-hybridized carbons (Fsp3) is 0.538. The number of nitrogens with one attached hydrogen (secondary N) is 1. The molecular weight excluding hydrogens is 170 g/mol.